The summed E-state index contributed by atoms with van der Waals surface area (Å²) in [6, 6.07) is 7.66. The first-order chi connectivity index (χ1) is 15.4. The van der Waals surface area contributed by atoms with Crippen LogP contribution in [-0.4, -0.2) is 60.2 Å². The number of sulfonamides is 1. The zero-order valence-corrected chi connectivity index (χ0v) is 19.5. The first-order valence-corrected chi connectivity index (χ1v) is 11.6. The molecule has 1 saturated heterocycles. The van der Waals surface area contributed by atoms with Crippen LogP contribution >= 0.6 is 0 Å². The summed E-state index contributed by atoms with van der Waals surface area (Å²) in [5.74, 6) is 0.636. The molecular formula is C22H28N2O7S. The van der Waals surface area contributed by atoms with Gasteiger partial charge in [0.05, 0.1) is 34.0 Å². The Labute approximate surface area is 188 Å². The minimum Gasteiger partial charge on any atom is -0.495 e. The summed E-state index contributed by atoms with van der Waals surface area (Å²) >= 11 is 0. The number of rotatable bonds is 8. The number of hydrogen-bond donors (Lipinski definition) is 1. The van der Waals surface area contributed by atoms with Gasteiger partial charge in [0.1, 0.15) is 10.6 Å². The Morgan fingerprint density at radius 2 is 1.47 bits per heavy atom. The Morgan fingerprint density at radius 1 is 0.844 bits per heavy atom. The molecule has 174 valence electrons. The van der Waals surface area contributed by atoms with Gasteiger partial charge in [0.2, 0.25) is 15.8 Å². The molecule has 1 aliphatic rings. The summed E-state index contributed by atoms with van der Waals surface area (Å²) in [7, 11) is 2.00. The highest BCUT2D eigenvalue weighted by Gasteiger charge is 2.29. The fraction of sp³-hybridized carbons (Fsp3) is 0.409. The smallest absolute Gasteiger partial charge is 0.259 e. The fourth-order valence-corrected chi connectivity index (χ4v) is 5.38. The van der Waals surface area contributed by atoms with Crippen molar-refractivity contribution >= 4 is 21.6 Å². The number of methoxy groups -OCH3 is 4. The van der Waals surface area contributed by atoms with E-state index in [9.17, 15) is 13.2 Å². The van der Waals surface area contributed by atoms with Crippen molar-refractivity contribution in [2.75, 3.05) is 46.8 Å². The third-order valence-electron chi connectivity index (χ3n) is 5.30. The molecule has 9 nitrogen and oxygen atoms in total. The number of benzene rings is 2. The maximum Gasteiger partial charge on any atom is 0.259 e. The predicted molar refractivity (Wildman–Crippen MR) is 120 cm³/mol. The number of carbonyl (C=O) groups excluding carboxylic acids is 1. The topological polar surface area (TPSA) is 103 Å². The third-order valence-corrected chi connectivity index (χ3v) is 7.22. The summed E-state index contributed by atoms with van der Waals surface area (Å²) in [4.78, 5) is 13.0. The van der Waals surface area contributed by atoms with Gasteiger partial charge in [-0.2, -0.15) is 4.31 Å². The molecule has 0 aromatic heterocycles. The second-order valence-corrected chi connectivity index (χ2v) is 9.07. The molecule has 0 atom stereocenters. The van der Waals surface area contributed by atoms with Gasteiger partial charge in [0.25, 0.3) is 5.91 Å². The van der Waals surface area contributed by atoms with E-state index in [0.717, 1.165) is 19.3 Å². The molecule has 1 amide bonds. The molecule has 2 aromatic carbocycles. The Hall–Kier alpha value is -2.98. The van der Waals surface area contributed by atoms with Gasteiger partial charge in [-0.1, -0.05) is 6.42 Å². The van der Waals surface area contributed by atoms with Crippen molar-refractivity contribution < 1.29 is 32.2 Å². The van der Waals surface area contributed by atoms with E-state index in [-0.39, 0.29) is 27.7 Å². The van der Waals surface area contributed by atoms with Crippen molar-refractivity contribution in [2.45, 2.75) is 24.2 Å². The maximum atomic E-state index is 13.2. The van der Waals surface area contributed by atoms with Crippen LogP contribution in [0, 0.1) is 0 Å². The Morgan fingerprint density at radius 3 is 2.06 bits per heavy atom. The molecule has 1 N–H and O–H groups in total. The molecule has 1 heterocycles. The number of nitrogens with one attached hydrogen (secondary N) is 1. The molecule has 1 fully saturated rings. The molecule has 3 rings (SSSR count). The highest BCUT2D eigenvalue weighted by atomic mass is 32.2. The number of ether oxygens (including phenoxy) is 4. The number of amides is 1. The van der Waals surface area contributed by atoms with Gasteiger partial charge in [0.15, 0.2) is 11.5 Å². The summed E-state index contributed by atoms with van der Waals surface area (Å²) in [6.45, 7) is 0.926. The minimum absolute atomic E-state index is 0.0129. The highest BCUT2D eigenvalue weighted by molar-refractivity contribution is 7.89. The molecule has 0 spiro atoms. The van der Waals surface area contributed by atoms with Gasteiger partial charge in [-0.05, 0) is 43.2 Å². The van der Waals surface area contributed by atoms with E-state index in [0.29, 0.717) is 24.5 Å². The zero-order chi connectivity index (χ0) is 23.3. The summed E-state index contributed by atoms with van der Waals surface area (Å²) in [5, 5.41) is 2.73. The van der Waals surface area contributed by atoms with Crippen molar-refractivity contribution in [3.63, 3.8) is 0 Å². The molecule has 10 heteroatoms. The maximum absolute atomic E-state index is 13.2. The van der Waals surface area contributed by atoms with Crippen LogP contribution in [0.1, 0.15) is 29.6 Å². The monoisotopic (exact) mass is 464 g/mol. The normalized spacial score (nSPS) is 14.5. The lowest BCUT2D eigenvalue weighted by Crippen LogP contribution is -2.35. The molecule has 0 unspecified atom stereocenters. The largest absolute Gasteiger partial charge is 0.495 e. The van der Waals surface area contributed by atoms with Crippen LogP contribution in [0.3, 0.4) is 0 Å². The lowest BCUT2D eigenvalue weighted by Gasteiger charge is -2.26. The minimum atomic E-state index is -3.76. The first kappa shape index (κ1) is 23.7. The van der Waals surface area contributed by atoms with Crippen LogP contribution in [0.25, 0.3) is 0 Å². The van der Waals surface area contributed by atoms with Gasteiger partial charge in [-0.3, -0.25) is 4.79 Å². The zero-order valence-electron chi connectivity index (χ0n) is 18.6. The van der Waals surface area contributed by atoms with Crippen molar-refractivity contribution in [1.29, 1.82) is 0 Å². The van der Waals surface area contributed by atoms with Crippen molar-refractivity contribution in [3.8, 4) is 23.0 Å². The quantitative estimate of drug-likeness (QED) is 0.640. The number of carbonyl (C=O) groups is 1. The van der Waals surface area contributed by atoms with Crippen molar-refractivity contribution in [2.24, 2.45) is 0 Å². The Balaban J connectivity index is 1.95. The molecule has 0 saturated carbocycles. The first-order valence-electron chi connectivity index (χ1n) is 10.2. The molecule has 32 heavy (non-hydrogen) atoms. The van der Waals surface area contributed by atoms with E-state index in [1.807, 2.05) is 0 Å². The van der Waals surface area contributed by atoms with Crippen LogP contribution in [-0.2, 0) is 10.0 Å². The van der Waals surface area contributed by atoms with E-state index < -0.39 is 15.9 Å². The third kappa shape index (κ3) is 4.61. The fourth-order valence-electron chi connectivity index (χ4n) is 3.68. The lowest BCUT2D eigenvalue weighted by molar-refractivity contribution is 0.102. The van der Waals surface area contributed by atoms with Crippen LogP contribution in [0.2, 0.25) is 0 Å². The van der Waals surface area contributed by atoms with Gasteiger partial charge in [-0.25, -0.2) is 8.42 Å². The van der Waals surface area contributed by atoms with Crippen molar-refractivity contribution in [3.05, 3.63) is 35.9 Å². The number of piperidine rings is 1. The van der Waals surface area contributed by atoms with Gasteiger partial charge in [-0.15, -0.1) is 0 Å². The molecule has 0 aliphatic carbocycles. The van der Waals surface area contributed by atoms with Crippen LogP contribution in [0.15, 0.2) is 35.2 Å². The molecular weight excluding hydrogens is 436 g/mol. The average molecular weight is 465 g/mol. The van der Waals surface area contributed by atoms with E-state index in [1.165, 1.54) is 44.9 Å². The molecule has 0 radical (unpaired) electrons. The van der Waals surface area contributed by atoms with Gasteiger partial charge < -0.3 is 24.3 Å². The van der Waals surface area contributed by atoms with Gasteiger partial charge in [0, 0.05) is 18.8 Å². The summed E-state index contributed by atoms with van der Waals surface area (Å²) in [5.41, 5.74) is 0.518. The lowest BCUT2D eigenvalue weighted by atomic mass is 10.1. The highest BCUT2D eigenvalue weighted by Crippen LogP contribution is 2.40. The SMILES string of the molecule is COc1ccc(NC(=O)c2ccc(OC)c(OC)c2OC)cc1S(=O)(=O)N1CCCCC1. The Bertz CT molecular complexity index is 1080. The molecule has 0 bridgehead atoms. The van der Waals surface area contributed by atoms with Gasteiger partial charge >= 0.3 is 0 Å². The van der Waals surface area contributed by atoms with Crippen molar-refractivity contribution in [1.82, 2.24) is 4.31 Å². The average Bonchev–Trinajstić information content (AvgIpc) is 2.83. The number of hydrogen-bond acceptors (Lipinski definition) is 7. The van der Waals surface area contributed by atoms with Crippen LogP contribution < -0.4 is 24.3 Å². The second kappa shape index (κ2) is 10.1. The van der Waals surface area contributed by atoms with Crippen LogP contribution in [0.4, 0.5) is 5.69 Å². The molecule has 1 aliphatic heterocycles. The van der Waals surface area contributed by atoms with E-state index >= 15 is 0 Å². The second-order valence-electron chi connectivity index (χ2n) is 7.17. The summed E-state index contributed by atoms with van der Waals surface area (Å²) < 4.78 is 49.1. The molecule has 2 aromatic rings. The van der Waals surface area contributed by atoms with Crippen LogP contribution in [0.5, 0.6) is 23.0 Å². The van der Waals surface area contributed by atoms with E-state index in [2.05, 4.69) is 5.32 Å². The predicted octanol–water partition coefficient (Wildman–Crippen LogP) is 3.15. The Kier molecular flexibility index (Phi) is 7.47. The summed E-state index contributed by atoms with van der Waals surface area (Å²) in [6.07, 6.45) is 2.64. The van der Waals surface area contributed by atoms with E-state index in [1.54, 1.807) is 18.2 Å². The number of nitrogens with zero attached hydrogens (tertiary/aromatic N) is 1. The number of anilines is 1. The standard InChI is InChI=1S/C22H28N2O7S/c1-28-17-10-8-15(14-19(17)32(26,27)24-12-6-5-7-13-24)23-22(25)16-9-11-18(29-2)21(31-4)20(16)30-3/h8-11,14H,5-7,12-13H2,1-4H3,(H,23,25). The van der Waals surface area contributed by atoms with E-state index in [4.69, 9.17) is 18.9 Å².